The third kappa shape index (κ3) is 3.18. The van der Waals surface area contributed by atoms with Crippen LogP contribution in [0.15, 0.2) is 67.6 Å². The lowest BCUT2D eigenvalue weighted by Gasteiger charge is -2.06. The van der Waals surface area contributed by atoms with E-state index in [1.165, 1.54) is 11.3 Å². The molecule has 0 unspecified atom stereocenters. The van der Waals surface area contributed by atoms with Crippen LogP contribution >= 0.6 is 27.3 Å². The second-order valence-electron chi connectivity index (χ2n) is 5.60. The van der Waals surface area contributed by atoms with Crippen LogP contribution in [0.1, 0.15) is 6.92 Å². The van der Waals surface area contributed by atoms with Crippen LogP contribution in [0.2, 0.25) is 0 Å². The molecule has 0 aliphatic heterocycles. The maximum absolute atomic E-state index is 12.5. The zero-order valence-corrected chi connectivity index (χ0v) is 16.3. The van der Waals surface area contributed by atoms with Gasteiger partial charge in [0.2, 0.25) is 0 Å². The smallest absolute Gasteiger partial charge is 0.346 e. The zero-order valence-electron chi connectivity index (χ0n) is 13.9. The van der Waals surface area contributed by atoms with Gasteiger partial charge >= 0.3 is 5.63 Å². The molecule has 0 saturated carbocycles. The first-order chi connectivity index (χ1) is 12.7. The third-order valence-corrected chi connectivity index (χ3v) is 5.30. The Balaban J connectivity index is 1.79. The third-order valence-electron chi connectivity index (χ3n) is 3.90. The van der Waals surface area contributed by atoms with E-state index in [1.54, 1.807) is 6.07 Å². The zero-order chi connectivity index (χ0) is 18.1. The van der Waals surface area contributed by atoms with Crippen molar-refractivity contribution in [2.75, 3.05) is 6.61 Å². The van der Waals surface area contributed by atoms with Gasteiger partial charge in [-0.2, -0.15) is 0 Å². The molecule has 4 aromatic rings. The van der Waals surface area contributed by atoms with E-state index in [-0.39, 0.29) is 0 Å². The average Bonchev–Trinajstić information content (AvgIpc) is 3.12. The maximum Gasteiger partial charge on any atom is 0.346 e. The van der Waals surface area contributed by atoms with Crippen LogP contribution in [0.3, 0.4) is 0 Å². The number of rotatable bonds is 4. The molecule has 26 heavy (non-hydrogen) atoms. The lowest BCUT2D eigenvalue weighted by atomic mass is 10.1. The van der Waals surface area contributed by atoms with Crippen molar-refractivity contribution in [3.8, 4) is 27.6 Å². The summed E-state index contributed by atoms with van der Waals surface area (Å²) in [6.07, 6.45) is 0. The molecule has 130 valence electrons. The maximum atomic E-state index is 12.5. The van der Waals surface area contributed by atoms with Gasteiger partial charge in [0, 0.05) is 20.8 Å². The number of thiazole rings is 1. The summed E-state index contributed by atoms with van der Waals surface area (Å²) in [5.41, 5.74) is 2.34. The summed E-state index contributed by atoms with van der Waals surface area (Å²) in [6.45, 7) is 2.40. The number of benzene rings is 2. The van der Waals surface area contributed by atoms with Crippen molar-refractivity contribution < 1.29 is 9.15 Å². The number of ether oxygens (including phenoxy) is 1. The predicted octanol–water partition coefficient (Wildman–Crippen LogP) is 5.74. The van der Waals surface area contributed by atoms with Gasteiger partial charge in [-0.1, -0.05) is 40.2 Å². The Morgan fingerprint density at radius 3 is 2.77 bits per heavy atom. The molecule has 0 radical (unpaired) electrons. The Morgan fingerprint density at radius 2 is 2.00 bits per heavy atom. The Hall–Kier alpha value is -2.44. The van der Waals surface area contributed by atoms with Crippen LogP contribution < -0.4 is 10.4 Å². The highest BCUT2D eigenvalue weighted by atomic mass is 79.9. The number of halogens is 1. The van der Waals surface area contributed by atoms with Crippen molar-refractivity contribution in [1.82, 2.24) is 4.98 Å². The van der Waals surface area contributed by atoms with Crippen molar-refractivity contribution >= 4 is 38.2 Å². The van der Waals surface area contributed by atoms with Crippen molar-refractivity contribution in [2.45, 2.75) is 6.92 Å². The Bertz CT molecular complexity index is 1130. The summed E-state index contributed by atoms with van der Waals surface area (Å²) in [5, 5.41) is 3.39. The fourth-order valence-corrected chi connectivity index (χ4v) is 3.78. The van der Waals surface area contributed by atoms with E-state index in [0.717, 1.165) is 21.1 Å². The van der Waals surface area contributed by atoms with Gasteiger partial charge in [-0.15, -0.1) is 11.3 Å². The van der Waals surface area contributed by atoms with Gasteiger partial charge in [-0.25, -0.2) is 9.78 Å². The van der Waals surface area contributed by atoms with Gasteiger partial charge in [0.25, 0.3) is 0 Å². The van der Waals surface area contributed by atoms with Gasteiger partial charge < -0.3 is 9.15 Å². The first kappa shape index (κ1) is 17.0. The van der Waals surface area contributed by atoms with E-state index < -0.39 is 5.63 Å². The standard InChI is InChI=1S/C20H14BrNO3S/c1-2-24-17-5-3-4-13-10-15(20(23)25-18(13)17)19-22-16(11-26-19)12-6-8-14(21)9-7-12/h3-11H,2H2,1H3. The molecule has 2 aromatic heterocycles. The topological polar surface area (TPSA) is 52.3 Å². The van der Waals surface area contributed by atoms with Crippen LogP contribution in [0, 0.1) is 0 Å². The first-order valence-corrected chi connectivity index (χ1v) is 9.74. The first-order valence-electron chi connectivity index (χ1n) is 8.07. The Morgan fingerprint density at radius 1 is 1.19 bits per heavy atom. The van der Waals surface area contributed by atoms with Crippen LogP contribution in [-0.2, 0) is 0 Å². The molecule has 4 nitrogen and oxygen atoms in total. The molecule has 0 aliphatic rings. The molecular formula is C20H14BrNO3S. The molecule has 4 rings (SSSR count). The number of nitrogens with zero attached hydrogens (tertiary/aromatic N) is 1. The number of fused-ring (bicyclic) bond motifs is 1. The Kier molecular flexibility index (Phi) is 4.61. The molecule has 0 fully saturated rings. The summed E-state index contributed by atoms with van der Waals surface area (Å²) < 4.78 is 12.1. The van der Waals surface area contributed by atoms with Gasteiger partial charge in [0.1, 0.15) is 5.01 Å². The molecule has 0 aliphatic carbocycles. The highest BCUT2D eigenvalue weighted by molar-refractivity contribution is 9.10. The fraction of sp³-hybridized carbons (Fsp3) is 0.100. The van der Waals surface area contributed by atoms with Gasteiger partial charge in [0.15, 0.2) is 11.3 Å². The van der Waals surface area contributed by atoms with Crippen molar-refractivity contribution in [3.63, 3.8) is 0 Å². The summed E-state index contributed by atoms with van der Waals surface area (Å²) in [6, 6.07) is 15.3. The van der Waals surface area contributed by atoms with E-state index in [2.05, 4.69) is 20.9 Å². The van der Waals surface area contributed by atoms with E-state index in [4.69, 9.17) is 9.15 Å². The Labute approximate surface area is 162 Å². The quantitative estimate of drug-likeness (QED) is 0.389. The number of hydrogen-bond donors (Lipinski definition) is 0. The SMILES string of the molecule is CCOc1cccc2cc(-c3nc(-c4ccc(Br)cc4)cs3)c(=O)oc12. The molecule has 0 saturated heterocycles. The van der Waals surface area contributed by atoms with Gasteiger partial charge in [-0.3, -0.25) is 0 Å². The van der Waals surface area contributed by atoms with E-state index in [1.807, 2.05) is 54.8 Å². The second kappa shape index (κ2) is 7.05. The average molecular weight is 428 g/mol. The molecule has 2 aromatic carbocycles. The minimum Gasteiger partial charge on any atom is -0.490 e. The molecule has 0 atom stereocenters. The minimum atomic E-state index is -0.415. The minimum absolute atomic E-state index is 0.415. The van der Waals surface area contributed by atoms with Crippen molar-refractivity contribution in [3.05, 3.63) is 68.8 Å². The number of para-hydroxylation sites is 1. The summed E-state index contributed by atoms with van der Waals surface area (Å²) in [7, 11) is 0. The summed E-state index contributed by atoms with van der Waals surface area (Å²) in [5.74, 6) is 0.573. The van der Waals surface area contributed by atoms with Crippen LogP contribution in [0.25, 0.3) is 32.8 Å². The predicted molar refractivity (Wildman–Crippen MR) is 108 cm³/mol. The van der Waals surface area contributed by atoms with Gasteiger partial charge in [0.05, 0.1) is 17.9 Å². The number of hydrogen-bond acceptors (Lipinski definition) is 5. The van der Waals surface area contributed by atoms with Gasteiger partial charge in [-0.05, 0) is 31.2 Å². The molecule has 0 N–H and O–H groups in total. The lowest BCUT2D eigenvalue weighted by Crippen LogP contribution is -2.03. The second-order valence-corrected chi connectivity index (χ2v) is 7.37. The number of aromatic nitrogens is 1. The highest BCUT2D eigenvalue weighted by Gasteiger charge is 2.14. The van der Waals surface area contributed by atoms with E-state index in [0.29, 0.717) is 28.5 Å². The molecular weight excluding hydrogens is 414 g/mol. The van der Waals surface area contributed by atoms with Crippen LogP contribution in [0.5, 0.6) is 5.75 Å². The van der Waals surface area contributed by atoms with Crippen molar-refractivity contribution in [1.29, 1.82) is 0 Å². The monoisotopic (exact) mass is 427 g/mol. The van der Waals surface area contributed by atoms with Crippen molar-refractivity contribution in [2.24, 2.45) is 0 Å². The highest BCUT2D eigenvalue weighted by Crippen LogP contribution is 2.31. The molecule has 6 heteroatoms. The fourth-order valence-electron chi connectivity index (χ4n) is 2.69. The summed E-state index contributed by atoms with van der Waals surface area (Å²) in [4.78, 5) is 17.1. The van der Waals surface area contributed by atoms with E-state index in [9.17, 15) is 4.79 Å². The summed E-state index contributed by atoms with van der Waals surface area (Å²) >= 11 is 4.85. The van der Waals surface area contributed by atoms with E-state index >= 15 is 0 Å². The normalized spacial score (nSPS) is 11.0. The molecule has 0 bridgehead atoms. The van der Waals surface area contributed by atoms with Crippen LogP contribution in [0.4, 0.5) is 0 Å². The lowest BCUT2D eigenvalue weighted by molar-refractivity contribution is 0.337. The molecule has 2 heterocycles. The molecule has 0 amide bonds. The van der Waals surface area contributed by atoms with Crippen LogP contribution in [-0.4, -0.2) is 11.6 Å². The molecule has 0 spiro atoms. The largest absolute Gasteiger partial charge is 0.490 e.